The van der Waals surface area contributed by atoms with Crippen LogP contribution in [0.25, 0.3) is 0 Å². The van der Waals surface area contributed by atoms with E-state index in [2.05, 4.69) is 0 Å². The number of carbonyl (C=O) groups is 2. The van der Waals surface area contributed by atoms with Gasteiger partial charge in [-0.05, 0) is 11.8 Å². The minimum atomic E-state index is -1.67. The summed E-state index contributed by atoms with van der Waals surface area (Å²) in [6.07, 6.45) is 0. The summed E-state index contributed by atoms with van der Waals surface area (Å²) in [4.78, 5) is 21.9. The Balaban J connectivity index is 0. The Morgan fingerprint density at radius 1 is 0.929 bits per heavy atom. The first-order valence-electron chi connectivity index (χ1n) is 4.24. The molecule has 0 fully saturated rings. The van der Waals surface area contributed by atoms with Gasteiger partial charge in [0.2, 0.25) is 0 Å². The summed E-state index contributed by atoms with van der Waals surface area (Å²) in [7, 11) is 0. The van der Waals surface area contributed by atoms with Gasteiger partial charge in [0.1, 0.15) is 0 Å². The monoisotopic (exact) mass is 230 g/mol. The van der Waals surface area contributed by atoms with Gasteiger partial charge in [-0.15, -0.1) is 0 Å². The van der Waals surface area contributed by atoms with Crippen LogP contribution in [-0.4, -0.2) is 59.9 Å². The van der Waals surface area contributed by atoms with Crippen LogP contribution >= 0.6 is 0 Å². The maximum absolute atomic E-state index is 11.0. The molecule has 0 aromatic rings. The topological polar surface area (TPSA) is 74.6 Å². The molecule has 2 N–H and O–H groups in total. The zero-order valence-electron chi connectivity index (χ0n) is 8.37. The molecule has 4 nitrogen and oxygen atoms in total. The molecule has 0 unspecified atom stereocenters. The molecule has 0 amide bonds. The third-order valence-electron chi connectivity index (χ3n) is 2.53. The molecule has 0 rings (SSSR count). The van der Waals surface area contributed by atoms with Crippen molar-refractivity contribution in [2.45, 2.75) is 27.7 Å². The average molecular weight is 230 g/mol. The Hall–Kier alpha value is 0.200. The first-order valence-corrected chi connectivity index (χ1v) is 4.24. The molecular formula is C9H18CaO4. The molecule has 5 heteroatoms. The quantitative estimate of drug-likeness (QED) is 0.546. The molecule has 0 spiro atoms. The van der Waals surface area contributed by atoms with E-state index >= 15 is 0 Å². The predicted molar refractivity (Wildman–Crippen MR) is 55.9 cm³/mol. The van der Waals surface area contributed by atoms with E-state index in [0.29, 0.717) is 0 Å². The van der Waals surface area contributed by atoms with Gasteiger partial charge in [0.25, 0.3) is 0 Å². The van der Waals surface area contributed by atoms with Gasteiger partial charge in [-0.1, -0.05) is 27.7 Å². The predicted octanol–water partition coefficient (Wildman–Crippen LogP) is 0.538. The van der Waals surface area contributed by atoms with E-state index in [1.807, 2.05) is 0 Å². The van der Waals surface area contributed by atoms with Crippen molar-refractivity contribution < 1.29 is 19.8 Å². The van der Waals surface area contributed by atoms with Crippen molar-refractivity contribution in [2.75, 3.05) is 0 Å². The Morgan fingerprint density at radius 2 is 1.14 bits per heavy atom. The Kier molecular flexibility index (Phi) is 7.04. The van der Waals surface area contributed by atoms with Crippen LogP contribution in [0.2, 0.25) is 0 Å². The van der Waals surface area contributed by atoms with Crippen molar-refractivity contribution in [3.05, 3.63) is 0 Å². The van der Waals surface area contributed by atoms with Crippen molar-refractivity contribution in [3.8, 4) is 0 Å². The van der Waals surface area contributed by atoms with Crippen molar-refractivity contribution in [2.24, 2.45) is 17.3 Å². The van der Waals surface area contributed by atoms with Gasteiger partial charge in [-0.2, -0.15) is 0 Å². The molecule has 14 heavy (non-hydrogen) atoms. The fraction of sp³-hybridized carbons (Fsp3) is 0.778. The fourth-order valence-corrected chi connectivity index (χ4v) is 1.75. The van der Waals surface area contributed by atoms with Crippen molar-refractivity contribution >= 4 is 49.7 Å². The summed E-state index contributed by atoms with van der Waals surface area (Å²) in [6.45, 7) is 6.45. The molecule has 80 valence electrons. The van der Waals surface area contributed by atoms with Gasteiger partial charge in [-0.25, -0.2) is 0 Å². The zero-order chi connectivity index (χ0) is 10.8. The number of carboxylic acids is 2. The molecule has 0 aromatic heterocycles. The van der Waals surface area contributed by atoms with E-state index in [1.165, 1.54) is 0 Å². The molecule has 0 heterocycles. The Labute approximate surface area is 114 Å². The van der Waals surface area contributed by atoms with E-state index in [4.69, 9.17) is 10.2 Å². The number of carboxylic acid groups (broad SMARTS) is 2. The van der Waals surface area contributed by atoms with Crippen LogP contribution in [0.5, 0.6) is 0 Å². The number of rotatable bonds is 4. The van der Waals surface area contributed by atoms with Gasteiger partial charge >= 0.3 is 49.7 Å². The van der Waals surface area contributed by atoms with E-state index in [-0.39, 0.29) is 37.7 Å². The molecule has 0 aliphatic carbocycles. The SMILES string of the molecule is CC(C)C(C(=O)O)(C(=O)O)C(C)C.[CaH2]. The molecule has 0 bridgehead atoms. The second-order valence-electron chi connectivity index (χ2n) is 3.79. The first-order chi connectivity index (χ1) is 5.77. The summed E-state index contributed by atoms with van der Waals surface area (Å²) in [6, 6.07) is 0. The summed E-state index contributed by atoms with van der Waals surface area (Å²) in [5.41, 5.74) is -1.67. The molecule has 0 aliphatic rings. The zero-order valence-corrected chi connectivity index (χ0v) is 8.37. The molecule has 0 radical (unpaired) electrons. The van der Waals surface area contributed by atoms with Gasteiger partial charge in [-0.3, -0.25) is 9.59 Å². The summed E-state index contributed by atoms with van der Waals surface area (Å²) in [5.74, 6) is -3.38. The standard InChI is InChI=1S/C9H16O4.Ca.2H/c1-5(2)9(6(3)4,7(10)11)8(12)13;;;/h5-6H,1-4H3,(H,10,11)(H,12,13);;;. The maximum atomic E-state index is 11.0. The third kappa shape index (κ3) is 2.61. The molecule has 0 atom stereocenters. The number of hydrogen-bond donors (Lipinski definition) is 2. The van der Waals surface area contributed by atoms with E-state index < -0.39 is 29.2 Å². The van der Waals surface area contributed by atoms with Crippen LogP contribution in [0.4, 0.5) is 0 Å². The summed E-state index contributed by atoms with van der Waals surface area (Å²) in [5, 5.41) is 17.9. The van der Waals surface area contributed by atoms with E-state index in [1.54, 1.807) is 27.7 Å². The molecule has 0 aliphatic heterocycles. The fourth-order valence-electron chi connectivity index (χ4n) is 1.75. The molecule has 0 saturated carbocycles. The number of hydrogen-bond acceptors (Lipinski definition) is 2. The van der Waals surface area contributed by atoms with E-state index in [0.717, 1.165) is 0 Å². The summed E-state index contributed by atoms with van der Waals surface area (Å²) >= 11 is 0. The summed E-state index contributed by atoms with van der Waals surface area (Å²) < 4.78 is 0. The second-order valence-corrected chi connectivity index (χ2v) is 3.79. The van der Waals surface area contributed by atoms with Crippen molar-refractivity contribution in [1.82, 2.24) is 0 Å². The van der Waals surface area contributed by atoms with Crippen molar-refractivity contribution in [1.29, 1.82) is 0 Å². The van der Waals surface area contributed by atoms with Crippen LogP contribution in [0, 0.1) is 17.3 Å². The van der Waals surface area contributed by atoms with Crippen LogP contribution in [0.1, 0.15) is 27.7 Å². The van der Waals surface area contributed by atoms with Crippen LogP contribution in [-0.2, 0) is 9.59 Å². The van der Waals surface area contributed by atoms with Crippen LogP contribution < -0.4 is 0 Å². The van der Waals surface area contributed by atoms with Gasteiger partial charge in [0.05, 0.1) is 0 Å². The van der Waals surface area contributed by atoms with Crippen LogP contribution in [0.3, 0.4) is 0 Å². The van der Waals surface area contributed by atoms with E-state index in [9.17, 15) is 9.59 Å². The molecular weight excluding hydrogens is 212 g/mol. The first kappa shape index (κ1) is 16.6. The third-order valence-corrected chi connectivity index (χ3v) is 2.53. The normalized spacial score (nSPS) is 11.3. The Morgan fingerprint density at radius 3 is 1.14 bits per heavy atom. The van der Waals surface area contributed by atoms with Crippen molar-refractivity contribution in [3.63, 3.8) is 0 Å². The Bertz CT molecular complexity index is 199. The van der Waals surface area contributed by atoms with Gasteiger partial charge in [0.15, 0.2) is 5.41 Å². The number of aliphatic carboxylic acids is 2. The van der Waals surface area contributed by atoms with Crippen LogP contribution in [0.15, 0.2) is 0 Å². The second kappa shape index (κ2) is 5.93. The average Bonchev–Trinajstić information content (AvgIpc) is 1.82. The molecule has 0 aromatic carbocycles. The van der Waals surface area contributed by atoms with Gasteiger partial charge in [0, 0.05) is 0 Å². The molecule has 0 saturated heterocycles. The minimum absolute atomic E-state index is 0. The van der Waals surface area contributed by atoms with Gasteiger partial charge < -0.3 is 10.2 Å².